The largest absolute Gasteiger partial charge is 0.497 e. The molecular weight excluding hydrogens is 446 g/mol. The molecule has 3 atom stereocenters. The van der Waals surface area contributed by atoms with Crippen LogP contribution in [0.25, 0.3) is 0 Å². The van der Waals surface area contributed by atoms with Gasteiger partial charge in [0.25, 0.3) is 0 Å². The number of carbonyl (C=O) groups is 2. The molecule has 1 amide bonds. The standard InChI is InChI=1S/C19H19N3O5S3/c1-10(23)14-16(24)22-15(13(30-17(14)22)8-28-19-21-20-9-29-19)18(25)27-7-11-3-5-12(26-2)6-4-11/h3-6,9-10,14,17,23H,7-8H2,1-2H3/t10-,14?,17-/m1/s1. The molecule has 1 unspecified atom stereocenters. The number of thioether (sulfide) groups is 2. The Balaban J connectivity index is 1.49. The molecule has 0 bridgehead atoms. The molecule has 1 saturated heterocycles. The molecule has 2 aliphatic rings. The van der Waals surface area contributed by atoms with E-state index < -0.39 is 18.0 Å². The van der Waals surface area contributed by atoms with Crippen molar-refractivity contribution in [2.45, 2.75) is 29.3 Å². The number of esters is 1. The lowest BCUT2D eigenvalue weighted by Crippen LogP contribution is -2.60. The fourth-order valence-electron chi connectivity index (χ4n) is 3.24. The average molecular weight is 466 g/mol. The summed E-state index contributed by atoms with van der Waals surface area (Å²) in [4.78, 5) is 27.7. The summed E-state index contributed by atoms with van der Waals surface area (Å²) in [5, 5.41) is 17.5. The quantitative estimate of drug-likeness (QED) is 0.358. The number of fused-ring (bicyclic) bond motifs is 1. The Hall–Kier alpha value is -2.08. The van der Waals surface area contributed by atoms with E-state index >= 15 is 0 Å². The van der Waals surface area contributed by atoms with Gasteiger partial charge in [-0.15, -0.1) is 22.0 Å². The fraction of sp³-hybridized carbons (Fsp3) is 0.368. The monoisotopic (exact) mass is 465 g/mol. The first-order valence-electron chi connectivity index (χ1n) is 9.09. The summed E-state index contributed by atoms with van der Waals surface area (Å²) >= 11 is 4.29. The summed E-state index contributed by atoms with van der Waals surface area (Å²) in [7, 11) is 1.58. The third-order valence-electron chi connectivity index (χ3n) is 4.76. The molecule has 3 heterocycles. The lowest BCUT2D eigenvalue weighted by atomic mass is 9.92. The number of benzene rings is 1. The van der Waals surface area contributed by atoms with Crippen LogP contribution in [0.4, 0.5) is 0 Å². The molecule has 2 aromatic rings. The summed E-state index contributed by atoms with van der Waals surface area (Å²) in [5.41, 5.74) is 2.72. The molecule has 2 aliphatic heterocycles. The maximum absolute atomic E-state index is 12.9. The number of methoxy groups -OCH3 is 1. The minimum Gasteiger partial charge on any atom is -0.497 e. The van der Waals surface area contributed by atoms with Crippen molar-refractivity contribution < 1.29 is 24.2 Å². The van der Waals surface area contributed by atoms with Crippen LogP contribution in [0.15, 0.2) is 44.7 Å². The summed E-state index contributed by atoms with van der Waals surface area (Å²) in [6.45, 7) is 1.68. The zero-order valence-electron chi connectivity index (χ0n) is 16.2. The van der Waals surface area contributed by atoms with Gasteiger partial charge in [0.1, 0.15) is 28.9 Å². The van der Waals surface area contributed by atoms with Crippen molar-refractivity contribution in [1.82, 2.24) is 15.1 Å². The second kappa shape index (κ2) is 8.96. The van der Waals surface area contributed by atoms with Crippen LogP contribution in [0.2, 0.25) is 0 Å². The van der Waals surface area contributed by atoms with Crippen molar-refractivity contribution in [3.63, 3.8) is 0 Å². The molecule has 1 aromatic carbocycles. The number of carbonyl (C=O) groups excluding carboxylic acids is 2. The van der Waals surface area contributed by atoms with Gasteiger partial charge in [0, 0.05) is 10.7 Å². The van der Waals surface area contributed by atoms with E-state index in [-0.39, 0.29) is 23.6 Å². The van der Waals surface area contributed by atoms with Crippen LogP contribution in [-0.4, -0.2) is 56.4 Å². The van der Waals surface area contributed by atoms with E-state index in [0.29, 0.717) is 11.5 Å². The van der Waals surface area contributed by atoms with Crippen molar-refractivity contribution in [1.29, 1.82) is 0 Å². The highest BCUT2D eigenvalue weighted by molar-refractivity contribution is 8.07. The van der Waals surface area contributed by atoms with E-state index in [1.807, 2.05) is 12.1 Å². The normalized spacial score (nSPS) is 21.3. The van der Waals surface area contributed by atoms with Crippen LogP contribution in [0.3, 0.4) is 0 Å². The molecule has 0 aliphatic carbocycles. The van der Waals surface area contributed by atoms with Gasteiger partial charge < -0.3 is 14.6 Å². The number of hydrogen-bond acceptors (Lipinski definition) is 10. The topological polar surface area (TPSA) is 102 Å². The van der Waals surface area contributed by atoms with Gasteiger partial charge in [-0.3, -0.25) is 9.69 Å². The Morgan fingerprint density at radius 3 is 2.77 bits per heavy atom. The van der Waals surface area contributed by atoms with Gasteiger partial charge >= 0.3 is 5.97 Å². The number of amides is 1. The van der Waals surface area contributed by atoms with Crippen LogP contribution in [0, 0.1) is 5.92 Å². The van der Waals surface area contributed by atoms with Crippen LogP contribution in [0.1, 0.15) is 12.5 Å². The van der Waals surface area contributed by atoms with Gasteiger partial charge in [-0.25, -0.2) is 4.79 Å². The number of nitrogens with zero attached hydrogens (tertiary/aromatic N) is 3. The molecule has 30 heavy (non-hydrogen) atoms. The van der Waals surface area contributed by atoms with E-state index in [1.165, 1.54) is 39.8 Å². The molecular formula is C19H19N3O5S3. The number of hydrogen-bond donors (Lipinski definition) is 1. The highest BCUT2D eigenvalue weighted by Gasteiger charge is 2.57. The first-order valence-corrected chi connectivity index (χ1v) is 11.8. The van der Waals surface area contributed by atoms with E-state index in [4.69, 9.17) is 9.47 Å². The van der Waals surface area contributed by atoms with Crippen molar-refractivity contribution >= 4 is 46.7 Å². The molecule has 8 nitrogen and oxygen atoms in total. The van der Waals surface area contributed by atoms with Crippen molar-refractivity contribution in [3.8, 4) is 5.75 Å². The second-order valence-corrected chi connectivity index (χ2v) is 9.94. The fourth-order valence-corrected chi connectivity index (χ4v) is 6.43. The third-order valence-corrected chi connectivity index (χ3v) is 8.20. The Morgan fingerprint density at radius 1 is 1.37 bits per heavy atom. The summed E-state index contributed by atoms with van der Waals surface area (Å²) in [6, 6.07) is 7.22. The van der Waals surface area contributed by atoms with Crippen LogP contribution in [0.5, 0.6) is 5.75 Å². The predicted octanol–water partition coefficient (Wildman–Crippen LogP) is 2.51. The van der Waals surface area contributed by atoms with Crippen molar-refractivity contribution in [3.05, 3.63) is 45.9 Å². The zero-order chi connectivity index (χ0) is 21.3. The van der Waals surface area contributed by atoms with E-state index in [9.17, 15) is 14.7 Å². The number of ether oxygens (including phenoxy) is 2. The van der Waals surface area contributed by atoms with Crippen molar-refractivity contribution in [2.24, 2.45) is 5.92 Å². The minimum absolute atomic E-state index is 0.0837. The predicted molar refractivity (Wildman–Crippen MR) is 114 cm³/mol. The number of rotatable bonds is 8. The lowest BCUT2D eigenvalue weighted by Gasteiger charge is -2.43. The number of aliphatic hydroxyl groups is 1. The average Bonchev–Trinajstić information content (AvgIpc) is 3.36. The van der Waals surface area contributed by atoms with E-state index in [2.05, 4.69) is 10.2 Å². The molecule has 0 spiro atoms. The van der Waals surface area contributed by atoms with E-state index in [1.54, 1.807) is 31.7 Å². The maximum Gasteiger partial charge on any atom is 0.356 e. The van der Waals surface area contributed by atoms with Gasteiger partial charge in [-0.1, -0.05) is 35.2 Å². The Kier molecular flexibility index (Phi) is 6.32. The Bertz CT molecular complexity index is 962. The molecule has 158 valence electrons. The first-order chi connectivity index (χ1) is 14.5. The van der Waals surface area contributed by atoms with Crippen LogP contribution >= 0.6 is 34.9 Å². The van der Waals surface area contributed by atoms with Crippen LogP contribution in [-0.2, 0) is 20.9 Å². The number of β-lactam (4-membered cyclic amide) rings is 1. The van der Waals surface area contributed by atoms with Gasteiger partial charge in [0.05, 0.1) is 19.1 Å². The number of aromatic nitrogens is 2. The Labute approximate surface area is 185 Å². The molecule has 4 rings (SSSR count). The van der Waals surface area contributed by atoms with Gasteiger partial charge in [-0.05, 0) is 24.6 Å². The first kappa shape index (κ1) is 21.2. The molecule has 1 N–H and O–H groups in total. The van der Waals surface area contributed by atoms with Gasteiger partial charge in [0.15, 0.2) is 4.34 Å². The second-order valence-electron chi connectivity index (χ2n) is 6.67. The molecule has 1 fully saturated rings. The van der Waals surface area contributed by atoms with Crippen molar-refractivity contribution in [2.75, 3.05) is 12.9 Å². The van der Waals surface area contributed by atoms with Gasteiger partial charge in [0.2, 0.25) is 5.91 Å². The highest BCUT2D eigenvalue weighted by Crippen LogP contribution is 2.51. The molecule has 11 heteroatoms. The molecule has 1 aromatic heterocycles. The SMILES string of the molecule is COc1ccc(COC(=O)C2=C(CSc3nncs3)S[C@@H]3C([C@@H](C)O)C(=O)N23)cc1. The Morgan fingerprint density at radius 2 is 2.13 bits per heavy atom. The highest BCUT2D eigenvalue weighted by atomic mass is 32.2. The minimum atomic E-state index is -0.780. The van der Waals surface area contributed by atoms with Gasteiger partial charge in [-0.2, -0.15) is 0 Å². The molecule has 0 saturated carbocycles. The summed E-state index contributed by atoms with van der Waals surface area (Å²) < 4.78 is 11.4. The van der Waals surface area contributed by atoms with Crippen LogP contribution < -0.4 is 4.74 Å². The third kappa shape index (κ3) is 4.07. The summed E-state index contributed by atoms with van der Waals surface area (Å²) in [6.07, 6.45) is -0.780. The smallest absolute Gasteiger partial charge is 0.356 e. The number of aliphatic hydroxyl groups excluding tert-OH is 1. The lowest BCUT2D eigenvalue weighted by molar-refractivity contribution is -0.158. The molecule has 0 radical (unpaired) electrons. The van der Waals surface area contributed by atoms with E-state index in [0.717, 1.165) is 14.8 Å². The maximum atomic E-state index is 12.9. The summed E-state index contributed by atoms with van der Waals surface area (Å²) in [5.74, 6) is -0.141. The zero-order valence-corrected chi connectivity index (χ0v) is 18.6.